The van der Waals surface area contributed by atoms with Crippen molar-refractivity contribution in [1.82, 2.24) is 30.1 Å². The van der Waals surface area contributed by atoms with Crippen molar-refractivity contribution in [2.75, 3.05) is 13.1 Å². The molecule has 1 aliphatic heterocycles. The van der Waals surface area contributed by atoms with Crippen LogP contribution in [0.1, 0.15) is 22.2 Å². The molecule has 3 rings (SSSR count). The summed E-state index contributed by atoms with van der Waals surface area (Å²) in [7, 11) is 1.77. The van der Waals surface area contributed by atoms with Crippen LogP contribution in [0.2, 0.25) is 0 Å². The molecule has 1 N–H and O–H groups in total. The molecular formula is C10H12N6O. The average molecular weight is 232 g/mol. The maximum atomic E-state index is 12.0. The fourth-order valence-corrected chi connectivity index (χ4v) is 1.69. The third kappa shape index (κ3) is 1.74. The lowest BCUT2D eigenvalue weighted by Gasteiger charge is -2.26. The molecule has 0 unspecified atom stereocenters. The van der Waals surface area contributed by atoms with Crippen LogP contribution in [0.3, 0.4) is 0 Å². The van der Waals surface area contributed by atoms with Crippen LogP contribution >= 0.6 is 0 Å². The van der Waals surface area contributed by atoms with Gasteiger partial charge < -0.3 is 5.32 Å². The largest absolute Gasteiger partial charge is 0.312 e. The van der Waals surface area contributed by atoms with Crippen molar-refractivity contribution in [2.45, 2.75) is 6.04 Å². The molecule has 0 radical (unpaired) electrons. The van der Waals surface area contributed by atoms with Crippen molar-refractivity contribution < 1.29 is 4.79 Å². The molecule has 0 amide bonds. The van der Waals surface area contributed by atoms with Gasteiger partial charge in [0.25, 0.3) is 0 Å². The highest BCUT2D eigenvalue weighted by atomic mass is 16.1. The van der Waals surface area contributed by atoms with E-state index in [4.69, 9.17) is 0 Å². The van der Waals surface area contributed by atoms with Gasteiger partial charge in [-0.05, 0) is 6.07 Å². The third-order valence-corrected chi connectivity index (χ3v) is 2.82. The van der Waals surface area contributed by atoms with E-state index >= 15 is 0 Å². The van der Waals surface area contributed by atoms with Crippen molar-refractivity contribution in [3.05, 3.63) is 29.8 Å². The summed E-state index contributed by atoms with van der Waals surface area (Å²) in [6, 6.07) is 1.99. The topological polar surface area (TPSA) is 77.6 Å². The van der Waals surface area contributed by atoms with Gasteiger partial charge in [0.1, 0.15) is 5.69 Å². The Labute approximate surface area is 97.4 Å². The number of nitrogens with zero attached hydrogens (tertiary/aromatic N) is 5. The number of aromatic nitrogens is 5. The number of carbonyl (C=O) groups is 1. The highest BCUT2D eigenvalue weighted by Crippen LogP contribution is 2.11. The van der Waals surface area contributed by atoms with E-state index < -0.39 is 0 Å². The van der Waals surface area contributed by atoms with Crippen molar-refractivity contribution in [3.63, 3.8) is 0 Å². The van der Waals surface area contributed by atoms with E-state index in [2.05, 4.69) is 20.7 Å². The molecule has 0 spiro atoms. The van der Waals surface area contributed by atoms with Crippen molar-refractivity contribution in [1.29, 1.82) is 0 Å². The third-order valence-electron chi connectivity index (χ3n) is 2.82. The van der Waals surface area contributed by atoms with Crippen LogP contribution in [0.5, 0.6) is 0 Å². The minimum atomic E-state index is -0.191. The molecular weight excluding hydrogens is 220 g/mol. The summed E-state index contributed by atoms with van der Waals surface area (Å²) < 4.78 is 3.32. The molecule has 1 fully saturated rings. The number of nitrogens with one attached hydrogen (secondary N) is 1. The Balaban J connectivity index is 1.83. The fourth-order valence-electron chi connectivity index (χ4n) is 1.69. The Morgan fingerprint density at radius 1 is 1.47 bits per heavy atom. The first kappa shape index (κ1) is 10.2. The van der Waals surface area contributed by atoms with Gasteiger partial charge in [0.2, 0.25) is 5.78 Å². The molecule has 3 heterocycles. The molecule has 0 saturated carbocycles. The number of hydrogen-bond acceptors (Lipinski definition) is 5. The molecule has 7 nitrogen and oxygen atoms in total. The van der Waals surface area contributed by atoms with E-state index in [0.29, 0.717) is 17.4 Å². The van der Waals surface area contributed by atoms with Crippen LogP contribution in [0, 0.1) is 0 Å². The van der Waals surface area contributed by atoms with Crippen LogP contribution in [-0.4, -0.2) is 43.6 Å². The smallest absolute Gasteiger partial charge is 0.235 e. The minimum Gasteiger partial charge on any atom is -0.312 e. The molecule has 1 aliphatic rings. The van der Waals surface area contributed by atoms with Crippen LogP contribution in [0.25, 0.3) is 0 Å². The highest BCUT2D eigenvalue weighted by Gasteiger charge is 2.22. The number of aryl methyl sites for hydroxylation is 1. The number of ketones is 1. The number of carbonyl (C=O) groups excluding carboxylic acids is 1. The van der Waals surface area contributed by atoms with E-state index in [0.717, 1.165) is 13.1 Å². The van der Waals surface area contributed by atoms with E-state index in [1.165, 1.54) is 0 Å². The fraction of sp³-hybridized carbons (Fsp3) is 0.400. The van der Waals surface area contributed by atoms with Gasteiger partial charge in [-0.15, -0.1) is 5.10 Å². The summed E-state index contributed by atoms with van der Waals surface area (Å²) in [5.74, 6) is -0.191. The Morgan fingerprint density at radius 3 is 2.88 bits per heavy atom. The standard InChI is InChI=1S/C10H12N6O/c1-15-3-2-8(13-15)10(17)9-6-16(14-12-9)7-4-11-5-7/h2-3,6-7,11H,4-5H2,1H3. The Morgan fingerprint density at radius 2 is 2.29 bits per heavy atom. The first-order valence-corrected chi connectivity index (χ1v) is 5.41. The van der Waals surface area contributed by atoms with Gasteiger partial charge in [-0.2, -0.15) is 5.10 Å². The first-order valence-electron chi connectivity index (χ1n) is 5.41. The predicted octanol–water partition coefficient (Wildman–Crippen LogP) is -0.613. The summed E-state index contributed by atoms with van der Waals surface area (Å²) in [6.45, 7) is 1.75. The minimum absolute atomic E-state index is 0.191. The summed E-state index contributed by atoms with van der Waals surface area (Å²) in [5.41, 5.74) is 0.738. The second kappa shape index (κ2) is 3.77. The summed E-state index contributed by atoms with van der Waals surface area (Å²) in [6.07, 6.45) is 3.41. The van der Waals surface area contributed by atoms with E-state index in [9.17, 15) is 4.79 Å². The summed E-state index contributed by atoms with van der Waals surface area (Å²) in [5, 5.41) is 15.1. The monoisotopic (exact) mass is 232 g/mol. The molecule has 88 valence electrons. The zero-order valence-electron chi connectivity index (χ0n) is 9.37. The zero-order valence-corrected chi connectivity index (χ0v) is 9.37. The number of hydrogen-bond donors (Lipinski definition) is 1. The molecule has 7 heteroatoms. The lowest BCUT2D eigenvalue weighted by molar-refractivity contribution is 0.102. The van der Waals surface area contributed by atoms with E-state index in [-0.39, 0.29) is 5.78 Å². The maximum Gasteiger partial charge on any atom is 0.235 e. The molecule has 0 bridgehead atoms. The first-order chi connectivity index (χ1) is 8.24. The van der Waals surface area contributed by atoms with Crippen molar-refractivity contribution in [3.8, 4) is 0 Å². The predicted molar refractivity (Wildman–Crippen MR) is 58.6 cm³/mol. The van der Waals surface area contributed by atoms with Gasteiger partial charge in [-0.1, -0.05) is 5.21 Å². The van der Waals surface area contributed by atoms with Gasteiger partial charge in [-0.3, -0.25) is 9.48 Å². The Hall–Kier alpha value is -2.02. The van der Waals surface area contributed by atoms with E-state index in [1.54, 1.807) is 34.9 Å². The quantitative estimate of drug-likeness (QED) is 0.714. The van der Waals surface area contributed by atoms with Gasteiger partial charge in [0, 0.05) is 26.3 Å². The molecule has 2 aromatic rings. The van der Waals surface area contributed by atoms with Gasteiger partial charge >= 0.3 is 0 Å². The SMILES string of the molecule is Cn1ccc(C(=O)c2cn(C3CNC3)nn2)n1. The van der Waals surface area contributed by atoms with Crippen LogP contribution < -0.4 is 5.32 Å². The Bertz CT molecular complexity index is 553. The maximum absolute atomic E-state index is 12.0. The van der Waals surface area contributed by atoms with Crippen molar-refractivity contribution >= 4 is 5.78 Å². The van der Waals surface area contributed by atoms with Crippen LogP contribution in [-0.2, 0) is 7.05 Å². The molecule has 0 aliphatic carbocycles. The second-order valence-electron chi connectivity index (χ2n) is 4.10. The highest BCUT2D eigenvalue weighted by molar-refractivity contribution is 6.06. The van der Waals surface area contributed by atoms with Gasteiger partial charge in [0.05, 0.1) is 12.2 Å². The van der Waals surface area contributed by atoms with Crippen molar-refractivity contribution in [2.24, 2.45) is 7.05 Å². The van der Waals surface area contributed by atoms with Gasteiger partial charge in [0.15, 0.2) is 5.69 Å². The summed E-state index contributed by atoms with van der Waals surface area (Å²) >= 11 is 0. The molecule has 2 aromatic heterocycles. The molecule has 17 heavy (non-hydrogen) atoms. The second-order valence-corrected chi connectivity index (χ2v) is 4.10. The number of rotatable bonds is 3. The summed E-state index contributed by atoms with van der Waals surface area (Å²) in [4.78, 5) is 12.0. The van der Waals surface area contributed by atoms with Crippen LogP contribution in [0.15, 0.2) is 18.5 Å². The average Bonchev–Trinajstić information content (AvgIpc) is 2.84. The lowest BCUT2D eigenvalue weighted by atomic mass is 10.2. The Kier molecular flexibility index (Phi) is 2.25. The molecule has 0 atom stereocenters. The normalized spacial score (nSPS) is 15.8. The zero-order chi connectivity index (χ0) is 11.8. The van der Waals surface area contributed by atoms with Crippen LogP contribution in [0.4, 0.5) is 0 Å². The molecule has 0 aromatic carbocycles. The lowest BCUT2D eigenvalue weighted by Crippen LogP contribution is -2.43. The molecule has 1 saturated heterocycles. The van der Waals surface area contributed by atoms with Gasteiger partial charge in [-0.25, -0.2) is 4.68 Å². The van der Waals surface area contributed by atoms with E-state index in [1.807, 2.05) is 0 Å².